The highest BCUT2D eigenvalue weighted by molar-refractivity contribution is 5.65. The van der Waals surface area contributed by atoms with Crippen molar-refractivity contribution in [3.05, 3.63) is 52.7 Å². The van der Waals surface area contributed by atoms with Gasteiger partial charge in [-0.25, -0.2) is 4.98 Å². The van der Waals surface area contributed by atoms with Gasteiger partial charge in [0, 0.05) is 11.9 Å². The molecule has 0 saturated carbocycles. The van der Waals surface area contributed by atoms with Gasteiger partial charge in [-0.1, -0.05) is 6.07 Å². The molecule has 3 heteroatoms. The maximum absolute atomic E-state index is 9.16. The molecule has 3 nitrogen and oxygen atoms in total. The average Bonchev–Trinajstić information content (AvgIpc) is 2.27. The first-order valence-electron chi connectivity index (χ1n) is 5.81. The number of benzene rings is 1. The van der Waals surface area contributed by atoms with Crippen molar-refractivity contribution in [2.24, 2.45) is 0 Å². The Morgan fingerprint density at radius 2 is 1.78 bits per heavy atom. The third-order valence-corrected chi connectivity index (χ3v) is 2.76. The van der Waals surface area contributed by atoms with Crippen LogP contribution in [0.2, 0.25) is 0 Å². The molecule has 0 aliphatic heterocycles. The fraction of sp³-hybridized carbons (Fsp3) is 0.200. The number of hydrogen-bond acceptors (Lipinski definition) is 3. The normalized spacial score (nSPS) is 9.89. The molecule has 0 aliphatic rings. The van der Waals surface area contributed by atoms with Crippen molar-refractivity contribution in [1.29, 1.82) is 5.26 Å². The number of nitriles is 1. The molecule has 90 valence electrons. The number of nitrogens with one attached hydrogen (secondary N) is 1. The van der Waals surface area contributed by atoms with Gasteiger partial charge in [0.15, 0.2) is 0 Å². The largest absolute Gasteiger partial charge is 0.339 e. The first-order chi connectivity index (χ1) is 8.60. The van der Waals surface area contributed by atoms with Crippen molar-refractivity contribution in [1.82, 2.24) is 4.98 Å². The minimum Gasteiger partial charge on any atom is -0.339 e. The van der Waals surface area contributed by atoms with Gasteiger partial charge in [-0.15, -0.1) is 0 Å². The molecule has 0 aliphatic carbocycles. The van der Waals surface area contributed by atoms with E-state index in [0.29, 0.717) is 11.4 Å². The van der Waals surface area contributed by atoms with Gasteiger partial charge < -0.3 is 5.32 Å². The Labute approximate surface area is 107 Å². The molecular formula is C15H15N3. The quantitative estimate of drug-likeness (QED) is 0.867. The third-order valence-electron chi connectivity index (χ3n) is 2.76. The van der Waals surface area contributed by atoms with Crippen molar-refractivity contribution in [2.45, 2.75) is 20.8 Å². The minimum atomic E-state index is 0.594. The Bertz CT molecular complexity index is 604. The second-order valence-corrected chi connectivity index (χ2v) is 4.46. The molecule has 1 heterocycles. The summed E-state index contributed by atoms with van der Waals surface area (Å²) in [5.41, 5.74) is 4.85. The summed E-state index contributed by atoms with van der Waals surface area (Å²) in [7, 11) is 0. The lowest BCUT2D eigenvalue weighted by atomic mass is 10.1. The van der Waals surface area contributed by atoms with Crippen LogP contribution in [0.1, 0.15) is 22.3 Å². The van der Waals surface area contributed by atoms with Crippen molar-refractivity contribution in [3.63, 3.8) is 0 Å². The van der Waals surface area contributed by atoms with Crippen LogP contribution in [0.3, 0.4) is 0 Å². The molecule has 0 unspecified atom stereocenters. The molecule has 1 N–H and O–H groups in total. The zero-order valence-corrected chi connectivity index (χ0v) is 10.8. The summed E-state index contributed by atoms with van der Waals surface area (Å²) in [6, 6.07) is 10.2. The second kappa shape index (κ2) is 4.89. The van der Waals surface area contributed by atoms with E-state index in [4.69, 9.17) is 5.26 Å². The topological polar surface area (TPSA) is 48.7 Å². The molecule has 0 bridgehead atoms. The molecule has 0 saturated heterocycles. The zero-order valence-electron chi connectivity index (χ0n) is 10.8. The van der Waals surface area contributed by atoms with E-state index < -0.39 is 0 Å². The smallest absolute Gasteiger partial charge is 0.148 e. The van der Waals surface area contributed by atoms with Gasteiger partial charge in [-0.05, 0) is 55.7 Å². The lowest BCUT2D eigenvalue weighted by Crippen LogP contribution is -1.99. The van der Waals surface area contributed by atoms with Crippen LogP contribution in [0.4, 0.5) is 11.5 Å². The molecule has 1 aromatic carbocycles. The van der Waals surface area contributed by atoms with Crippen LogP contribution in [0.5, 0.6) is 0 Å². The van der Waals surface area contributed by atoms with Crippen LogP contribution < -0.4 is 5.32 Å². The number of pyridine rings is 1. The molecular weight excluding hydrogens is 222 g/mol. The van der Waals surface area contributed by atoms with Crippen molar-refractivity contribution in [3.8, 4) is 6.07 Å². The predicted octanol–water partition coefficient (Wildman–Crippen LogP) is 3.62. The maximum Gasteiger partial charge on any atom is 0.148 e. The van der Waals surface area contributed by atoms with Gasteiger partial charge in [0.2, 0.25) is 0 Å². The van der Waals surface area contributed by atoms with Crippen LogP contribution in [0, 0.1) is 32.1 Å². The summed E-state index contributed by atoms with van der Waals surface area (Å²) in [5, 5.41) is 12.4. The number of aromatic nitrogens is 1. The van der Waals surface area contributed by atoms with Crippen molar-refractivity contribution >= 4 is 11.5 Å². The van der Waals surface area contributed by atoms with Gasteiger partial charge in [0.05, 0.1) is 5.56 Å². The highest BCUT2D eigenvalue weighted by Crippen LogP contribution is 2.22. The number of hydrogen-bond donors (Lipinski definition) is 1. The molecule has 0 atom stereocenters. The Kier molecular flexibility index (Phi) is 3.29. The zero-order chi connectivity index (χ0) is 13.1. The highest BCUT2D eigenvalue weighted by atomic mass is 15.0. The summed E-state index contributed by atoms with van der Waals surface area (Å²) in [6.07, 6.45) is 1.71. The van der Waals surface area contributed by atoms with E-state index in [1.54, 1.807) is 6.20 Å². The molecule has 0 fully saturated rings. The summed E-state index contributed by atoms with van der Waals surface area (Å²) in [6.45, 7) is 6.01. The molecule has 2 aromatic rings. The molecule has 0 radical (unpaired) electrons. The highest BCUT2D eigenvalue weighted by Gasteiger charge is 2.06. The van der Waals surface area contributed by atoms with Crippen molar-refractivity contribution in [2.75, 3.05) is 5.32 Å². The van der Waals surface area contributed by atoms with E-state index in [2.05, 4.69) is 22.4 Å². The number of rotatable bonds is 2. The summed E-state index contributed by atoms with van der Waals surface area (Å²) in [4.78, 5) is 4.23. The second-order valence-electron chi connectivity index (χ2n) is 4.46. The lowest BCUT2D eigenvalue weighted by molar-refractivity contribution is 1.24. The first kappa shape index (κ1) is 12.1. The average molecular weight is 237 g/mol. The summed E-state index contributed by atoms with van der Waals surface area (Å²) < 4.78 is 0. The van der Waals surface area contributed by atoms with Gasteiger partial charge in [0.25, 0.3) is 0 Å². The molecule has 2 rings (SSSR count). The molecule has 0 amide bonds. The SMILES string of the molecule is Cc1cc(C)cc(Nc2nccc(C)c2C#N)c1. The number of anilines is 2. The number of aryl methyl sites for hydroxylation is 3. The first-order valence-corrected chi connectivity index (χ1v) is 5.81. The van der Waals surface area contributed by atoms with E-state index in [9.17, 15) is 0 Å². The fourth-order valence-electron chi connectivity index (χ4n) is 1.98. The minimum absolute atomic E-state index is 0.594. The monoisotopic (exact) mass is 237 g/mol. The Morgan fingerprint density at radius 3 is 2.39 bits per heavy atom. The van der Waals surface area contributed by atoms with Gasteiger partial charge >= 0.3 is 0 Å². The number of nitrogens with zero attached hydrogens (tertiary/aromatic N) is 2. The van der Waals surface area contributed by atoms with Crippen LogP contribution in [-0.4, -0.2) is 4.98 Å². The van der Waals surface area contributed by atoms with Gasteiger partial charge in [-0.3, -0.25) is 0 Å². The van der Waals surface area contributed by atoms with Crippen LogP contribution in [0.15, 0.2) is 30.5 Å². The summed E-state index contributed by atoms with van der Waals surface area (Å²) >= 11 is 0. The third kappa shape index (κ3) is 2.49. The van der Waals surface area contributed by atoms with E-state index in [-0.39, 0.29) is 0 Å². The molecule has 0 spiro atoms. The Balaban J connectivity index is 2.40. The molecule has 1 aromatic heterocycles. The van der Waals surface area contributed by atoms with E-state index in [0.717, 1.165) is 11.3 Å². The Morgan fingerprint density at radius 1 is 1.11 bits per heavy atom. The fourth-order valence-corrected chi connectivity index (χ4v) is 1.98. The summed E-state index contributed by atoms with van der Waals surface area (Å²) in [5.74, 6) is 0.613. The van der Waals surface area contributed by atoms with Crippen LogP contribution >= 0.6 is 0 Å². The van der Waals surface area contributed by atoms with E-state index >= 15 is 0 Å². The molecule has 18 heavy (non-hydrogen) atoms. The van der Waals surface area contributed by atoms with Gasteiger partial charge in [-0.2, -0.15) is 5.26 Å². The van der Waals surface area contributed by atoms with Crippen LogP contribution in [-0.2, 0) is 0 Å². The van der Waals surface area contributed by atoms with E-state index in [1.165, 1.54) is 11.1 Å². The van der Waals surface area contributed by atoms with Crippen LogP contribution in [0.25, 0.3) is 0 Å². The van der Waals surface area contributed by atoms with E-state index in [1.807, 2.05) is 39.0 Å². The van der Waals surface area contributed by atoms with Crippen molar-refractivity contribution < 1.29 is 0 Å². The lowest BCUT2D eigenvalue weighted by Gasteiger charge is -2.10. The standard InChI is InChI=1S/C15H15N3/c1-10-6-11(2)8-13(7-10)18-15-14(9-16)12(3)4-5-17-15/h4-8H,1-3H3,(H,17,18). The maximum atomic E-state index is 9.16. The van der Waals surface area contributed by atoms with Gasteiger partial charge in [0.1, 0.15) is 11.9 Å². The predicted molar refractivity (Wildman–Crippen MR) is 72.9 cm³/mol. The Hall–Kier alpha value is -2.34.